The van der Waals surface area contributed by atoms with Gasteiger partial charge in [-0.3, -0.25) is 14.5 Å². The zero-order valence-electron chi connectivity index (χ0n) is 14.7. The van der Waals surface area contributed by atoms with Crippen LogP contribution in [0.25, 0.3) is 0 Å². The third-order valence-electron chi connectivity index (χ3n) is 5.26. The molecule has 25 heavy (non-hydrogen) atoms. The average Bonchev–Trinajstić information content (AvgIpc) is 3.28. The second-order valence-electron chi connectivity index (χ2n) is 7.13. The molecule has 0 radical (unpaired) electrons. The number of nitrogens with zero attached hydrogens (tertiary/aromatic N) is 4. The van der Waals surface area contributed by atoms with E-state index in [4.69, 9.17) is 0 Å². The number of carbonyl (C=O) groups excluding carboxylic acids is 1. The summed E-state index contributed by atoms with van der Waals surface area (Å²) >= 11 is 0. The van der Waals surface area contributed by atoms with Crippen LogP contribution in [0.5, 0.6) is 0 Å². The molecule has 1 aliphatic heterocycles. The van der Waals surface area contributed by atoms with E-state index in [1.54, 1.807) is 0 Å². The molecule has 0 spiro atoms. The van der Waals surface area contributed by atoms with Crippen LogP contribution in [0.1, 0.15) is 42.8 Å². The van der Waals surface area contributed by atoms with Crippen molar-refractivity contribution in [2.24, 2.45) is 5.92 Å². The largest absolute Gasteiger partial charge is 0.364 e. The van der Waals surface area contributed by atoms with Gasteiger partial charge in [-0.05, 0) is 38.0 Å². The average molecular weight is 339 g/mol. The molecule has 132 valence electrons. The molecule has 3 heterocycles. The van der Waals surface area contributed by atoms with Crippen LogP contribution in [-0.2, 0) is 24.4 Å². The molecule has 0 bridgehead atoms. The van der Waals surface area contributed by atoms with Crippen LogP contribution < -0.4 is 10.2 Å². The Labute approximate surface area is 148 Å². The zero-order valence-corrected chi connectivity index (χ0v) is 14.7. The van der Waals surface area contributed by atoms with Crippen molar-refractivity contribution >= 4 is 11.6 Å². The molecule has 6 nitrogen and oxygen atoms in total. The molecule has 6 heteroatoms. The highest BCUT2D eigenvalue weighted by Gasteiger charge is 2.23. The lowest BCUT2D eigenvalue weighted by Gasteiger charge is -2.29. The van der Waals surface area contributed by atoms with Gasteiger partial charge in [-0.15, -0.1) is 0 Å². The lowest BCUT2D eigenvalue weighted by molar-refractivity contribution is -0.124. The Morgan fingerprint density at radius 3 is 2.92 bits per heavy atom. The van der Waals surface area contributed by atoms with E-state index in [2.05, 4.69) is 43.2 Å². The monoisotopic (exact) mass is 339 g/mol. The predicted molar refractivity (Wildman–Crippen MR) is 96.1 cm³/mol. The maximum absolute atomic E-state index is 12.2. The number of aryl methyl sites for hydroxylation is 1. The van der Waals surface area contributed by atoms with Gasteiger partial charge in [0.25, 0.3) is 0 Å². The second-order valence-corrected chi connectivity index (χ2v) is 7.13. The molecule has 0 saturated heterocycles. The van der Waals surface area contributed by atoms with Crippen LogP contribution in [0, 0.1) is 12.8 Å². The minimum Gasteiger partial charge on any atom is -0.364 e. The molecule has 2 aromatic rings. The van der Waals surface area contributed by atoms with E-state index in [1.807, 2.05) is 13.1 Å². The lowest BCUT2D eigenvalue weighted by Crippen LogP contribution is -2.33. The van der Waals surface area contributed by atoms with E-state index in [0.29, 0.717) is 6.54 Å². The van der Waals surface area contributed by atoms with Gasteiger partial charge in [-0.2, -0.15) is 5.10 Å². The van der Waals surface area contributed by atoms with Gasteiger partial charge < -0.3 is 10.2 Å². The highest BCUT2D eigenvalue weighted by Crippen LogP contribution is 2.25. The highest BCUT2D eigenvalue weighted by molar-refractivity contribution is 5.78. The Morgan fingerprint density at radius 1 is 1.28 bits per heavy atom. The maximum Gasteiger partial charge on any atom is 0.223 e. The highest BCUT2D eigenvalue weighted by atomic mass is 16.1. The summed E-state index contributed by atoms with van der Waals surface area (Å²) in [5, 5.41) is 7.72. The molecule has 0 atom stereocenters. The van der Waals surface area contributed by atoms with Crippen LogP contribution in [0.2, 0.25) is 0 Å². The normalized spacial score (nSPS) is 17.6. The molecule has 0 unspecified atom stereocenters. The van der Waals surface area contributed by atoms with Gasteiger partial charge in [-0.25, -0.2) is 0 Å². The van der Waals surface area contributed by atoms with Crippen LogP contribution in [-0.4, -0.2) is 27.2 Å². The summed E-state index contributed by atoms with van der Waals surface area (Å²) < 4.78 is 2.07. The van der Waals surface area contributed by atoms with Crippen LogP contribution >= 0.6 is 0 Å². The first-order valence-electron chi connectivity index (χ1n) is 9.20. The van der Waals surface area contributed by atoms with Crippen LogP contribution in [0.4, 0.5) is 5.69 Å². The first kappa shape index (κ1) is 16.1. The fourth-order valence-electron chi connectivity index (χ4n) is 3.87. The van der Waals surface area contributed by atoms with Gasteiger partial charge in [-0.1, -0.05) is 12.8 Å². The molecule has 2 aliphatic rings. The maximum atomic E-state index is 12.2. The molecule has 1 saturated carbocycles. The van der Waals surface area contributed by atoms with Crippen LogP contribution in [0.15, 0.2) is 24.4 Å². The number of amides is 1. The quantitative estimate of drug-likeness (QED) is 0.929. The molecule has 1 N–H and O–H groups in total. The summed E-state index contributed by atoms with van der Waals surface area (Å²) in [6, 6.07) is 6.30. The van der Waals surface area contributed by atoms with Gasteiger partial charge in [0.15, 0.2) is 0 Å². The Morgan fingerprint density at radius 2 is 2.12 bits per heavy atom. The molecule has 2 aromatic heterocycles. The number of anilines is 1. The molecule has 1 aliphatic carbocycles. The predicted octanol–water partition coefficient (Wildman–Crippen LogP) is 2.41. The molecule has 0 aromatic carbocycles. The van der Waals surface area contributed by atoms with E-state index in [0.717, 1.165) is 43.9 Å². The van der Waals surface area contributed by atoms with Crippen LogP contribution in [0.3, 0.4) is 0 Å². The number of hydrogen-bond donors (Lipinski definition) is 1. The number of nitrogens with one attached hydrogen (secondary N) is 1. The van der Waals surface area contributed by atoms with Crippen molar-refractivity contribution in [2.45, 2.75) is 52.2 Å². The zero-order chi connectivity index (χ0) is 17.2. The number of fused-ring (bicyclic) bond motifs is 1. The number of pyridine rings is 1. The fourth-order valence-corrected chi connectivity index (χ4v) is 3.87. The summed E-state index contributed by atoms with van der Waals surface area (Å²) in [6.07, 6.45) is 6.29. The topological polar surface area (TPSA) is 63.1 Å². The number of hydrogen-bond acceptors (Lipinski definition) is 4. The Hall–Kier alpha value is -2.37. The van der Waals surface area contributed by atoms with Gasteiger partial charge >= 0.3 is 0 Å². The SMILES string of the molecule is Cc1cc(N2CCn3nc(CNC(=O)C4CCCC4)cc3C2)ccn1. The van der Waals surface area contributed by atoms with Gasteiger partial charge in [0, 0.05) is 30.0 Å². The molecule has 1 fully saturated rings. The van der Waals surface area contributed by atoms with Crippen molar-refractivity contribution in [1.29, 1.82) is 0 Å². The molecule has 1 amide bonds. The van der Waals surface area contributed by atoms with E-state index >= 15 is 0 Å². The summed E-state index contributed by atoms with van der Waals surface area (Å²) in [5.41, 5.74) is 4.39. The van der Waals surface area contributed by atoms with Crippen molar-refractivity contribution in [2.75, 3.05) is 11.4 Å². The standard InChI is InChI=1S/C19H25N5O/c1-14-10-17(6-7-20-14)23-8-9-24-18(13-23)11-16(22-24)12-21-19(25)15-4-2-3-5-15/h6-7,10-11,15H,2-5,8-9,12-13H2,1H3,(H,21,25). The Kier molecular flexibility index (Phi) is 4.42. The van der Waals surface area contributed by atoms with Gasteiger partial charge in [0.2, 0.25) is 5.91 Å². The third kappa shape index (κ3) is 3.52. The first-order valence-corrected chi connectivity index (χ1v) is 9.20. The van der Waals surface area contributed by atoms with Crippen molar-refractivity contribution in [1.82, 2.24) is 20.1 Å². The minimum atomic E-state index is 0.192. The Balaban J connectivity index is 1.39. The van der Waals surface area contributed by atoms with Crippen molar-refractivity contribution in [3.05, 3.63) is 41.5 Å². The molecule has 4 rings (SSSR count). The summed E-state index contributed by atoms with van der Waals surface area (Å²) in [6.45, 7) is 5.19. The van der Waals surface area contributed by atoms with E-state index in [-0.39, 0.29) is 11.8 Å². The summed E-state index contributed by atoms with van der Waals surface area (Å²) in [7, 11) is 0. The second kappa shape index (κ2) is 6.86. The van der Waals surface area contributed by atoms with Crippen molar-refractivity contribution in [3.63, 3.8) is 0 Å². The van der Waals surface area contributed by atoms with E-state index in [9.17, 15) is 4.79 Å². The molecular formula is C19H25N5O. The van der Waals surface area contributed by atoms with E-state index in [1.165, 1.54) is 24.2 Å². The smallest absolute Gasteiger partial charge is 0.223 e. The number of carbonyl (C=O) groups is 1. The summed E-state index contributed by atoms with van der Waals surface area (Å²) in [5.74, 6) is 0.403. The minimum absolute atomic E-state index is 0.192. The van der Waals surface area contributed by atoms with E-state index < -0.39 is 0 Å². The van der Waals surface area contributed by atoms with Crippen molar-refractivity contribution in [3.8, 4) is 0 Å². The number of rotatable bonds is 4. The first-order chi connectivity index (χ1) is 12.2. The lowest BCUT2D eigenvalue weighted by atomic mass is 10.1. The van der Waals surface area contributed by atoms with Gasteiger partial charge in [0.1, 0.15) is 0 Å². The third-order valence-corrected chi connectivity index (χ3v) is 5.26. The summed E-state index contributed by atoms with van der Waals surface area (Å²) in [4.78, 5) is 18.8. The number of aromatic nitrogens is 3. The van der Waals surface area contributed by atoms with Gasteiger partial charge in [0.05, 0.1) is 31.0 Å². The molecular weight excluding hydrogens is 314 g/mol. The fraction of sp³-hybridized carbons (Fsp3) is 0.526. The van der Waals surface area contributed by atoms with Crippen molar-refractivity contribution < 1.29 is 4.79 Å². The Bertz CT molecular complexity index is 763.